The molecule has 0 saturated carbocycles. The Balaban J connectivity index is 2.65. The predicted octanol–water partition coefficient (Wildman–Crippen LogP) is 3.10. The molecule has 84 valence electrons. The molecule has 2 atom stereocenters. The first-order chi connectivity index (χ1) is 6.43. The maximum Gasteiger partial charge on any atom is 0.0250 e. The second-order valence-corrected chi connectivity index (χ2v) is 6.27. The lowest BCUT2D eigenvalue weighted by Crippen LogP contribution is -2.47. The van der Waals surface area contributed by atoms with Crippen molar-refractivity contribution in [1.82, 2.24) is 9.34 Å². The predicted molar refractivity (Wildman–Crippen MR) is 65.8 cm³/mol. The van der Waals surface area contributed by atoms with E-state index in [1.54, 1.807) is 0 Å². The van der Waals surface area contributed by atoms with Crippen LogP contribution >= 0.6 is 8.88 Å². The van der Waals surface area contributed by atoms with Crippen LogP contribution in [0.5, 0.6) is 0 Å². The van der Waals surface area contributed by atoms with Crippen LogP contribution in [0.1, 0.15) is 48.0 Å². The Morgan fingerprint density at radius 3 is 1.57 bits per heavy atom. The maximum absolute atomic E-state index is 2.62. The topological polar surface area (TPSA) is 6.48 Å². The van der Waals surface area contributed by atoms with E-state index < -0.39 is 0 Å². The third-order valence-corrected chi connectivity index (χ3v) is 5.35. The molecule has 1 rings (SSSR count). The van der Waals surface area contributed by atoms with Crippen molar-refractivity contribution in [3.05, 3.63) is 0 Å². The van der Waals surface area contributed by atoms with Crippen LogP contribution in [0.3, 0.4) is 0 Å². The van der Waals surface area contributed by atoms with Crippen LogP contribution in [0.4, 0.5) is 0 Å². The van der Waals surface area contributed by atoms with E-state index in [0.717, 1.165) is 21.0 Å². The molecule has 0 N–H and O–H groups in total. The molecule has 0 spiro atoms. The third-order valence-electron chi connectivity index (χ3n) is 2.98. The molecule has 1 fully saturated rings. The highest BCUT2D eigenvalue weighted by molar-refractivity contribution is 7.32. The summed E-state index contributed by atoms with van der Waals surface area (Å²) in [7, 11) is 0.872. The fourth-order valence-corrected chi connectivity index (χ4v) is 3.63. The summed E-state index contributed by atoms with van der Waals surface area (Å²) in [6, 6.07) is 2.85. The molecule has 0 aromatic heterocycles. The van der Waals surface area contributed by atoms with Gasteiger partial charge < -0.3 is 0 Å². The van der Waals surface area contributed by atoms with E-state index in [1.165, 1.54) is 6.42 Å². The number of nitrogens with zero attached hydrogens (tertiary/aromatic N) is 2. The minimum absolute atomic E-state index is 0.678. The normalized spacial score (nSPS) is 33.4. The van der Waals surface area contributed by atoms with Crippen molar-refractivity contribution in [2.75, 3.05) is 0 Å². The maximum atomic E-state index is 2.62. The van der Waals surface area contributed by atoms with Crippen LogP contribution in [0, 0.1) is 0 Å². The van der Waals surface area contributed by atoms with Gasteiger partial charge in [-0.15, -0.1) is 0 Å². The van der Waals surface area contributed by atoms with Gasteiger partial charge in [-0.2, -0.15) is 0 Å². The smallest absolute Gasteiger partial charge is 0.0250 e. The van der Waals surface area contributed by atoms with Gasteiger partial charge in [0.25, 0.3) is 0 Å². The van der Waals surface area contributed by atoms with Crippen molar-refractivity contribution in [2.24, 2.45) is 0 Å². The van der Waals surface area contributed by atoms with Crippen molar-refractivity contribution < 1.29 is 0 Å². The van der Waals surface area contributed by atoms with Gasteiger partial charge in [-0.3, -0.25) is 9.34 Å². The zero-order valence-electron chi connectivity index (χ0n) is 10.4. The van der Waals surface area contributed by atoms with Crippen molar-refractivity contribution in [1.29, 1.82) is 0 Å². The molecule has 1 heterocycles. The molecule has 2 unspecified atom stereocenters. The van der Waals surface area contributed by atoms with Gasteiger partial charge in [-0.25, -0.2) is 0 Å². The van der Waals surface area contributed by atoms with Gasteiger partial charge in [-0.1, -0.05) is 0 Å². The quantitative estimate of drug-likeness (QED) is 0.654. The van der Waals surface area contributed by atoms with E-state index in [2.05, 4.69) is 50.9 Å². The first-order valence-corrected chi connectivity index (χ1v) is 6.66. The van der Waals surface area contributed by atoms with Gasteiger partial charge in [0, 0.05) is 33.0 Å². The summed E-state index contributed by atoms with van der Waals surface area (Å²) in [5.41, 5.74) is 0. The lowest BCUT2D eigenvalue weighted by atomic mass is 10.1. The highest BCUT2D eigenvalue weighted by atomic mass is 31.1. The molecule has 0 aromatic carbocycles. The summed E-state index contributed by atoms with van der Waals surface area (Å²) >= 11 is 0. The van der Waals surface area contributed by atoms with Gasteiger partial charge >= 0.3 is 0 Å². The molecule has 1 saturated heterocycles. The van der Waals surface area contributed by atoms with E-state index in [4.69, 9.17) is 0 Å². The fourth-order valence-electron chi connectivity index (χ4n) is 2.30. The molecule has 0 bridgehead atoms. The molecule has 0 radical (unpaired) electrons. The third kappa shape index (κ3) is 2.68. The summed E-state index contributed by atoms with van der Waals surface area (Å²) in [5, 5.41) is 0. The average Bonchev–Trinajstić information content (AvgIpc) is 2.02. The summed E-state index contributed by atoms with van der Waals surface area (Å²) in [4.78, 5) is 0. The summed E-state index contributed by atoms with van der Waals surface area (Å²) < 4.78 is 5.25. The number of hydrogen-bond acceptors (Lipinski definition) is 2. The van der Waals surface area contributed by atoms with Crippen molar-refractivity contribution in [3.8, 4) is 0 Å². The van der Waals surface area contributed by atoms with E-state index >= 15 is 0 Å². The molecule has 14 heavy (non-hydrogen) atoms. The van der Waals surface area contributed by atoms with Crippen LogP contribution in [0.25, 0.3) is 0 Å². The van der Waals surface area contributed by atoms with Crippen LogP contribution in [-0.2, 0) is 0 Å². The van der Waals surface area contributed by atoms with Gasteiger partial charge in [0.15, 0.2) is 0 Å². The van der Waals surface area contributed by atoms with E-state index in [9.17, 15) is 0 Å². The zero-order chi connectivity index (χ0) is 10.9. The Morgan fingerprint density at radius 1 is 0.929 bits per heavy atom. The van der Waals surface area contributed by atoms with E-state index in [-0.39, 0.29) is 0 Å². The zero-order valence-corrected chi connectivity index (χ0v) is 11.4. The molecule has 0 aromatic rings. The number of rotatable bonds is 2. The highest BCUT2D eigenvalue weighted by Crippen LogP contribution is 2.39. The van der Waals surface area contributed by atoms with Crippen LogP contribution in [-0.4, -0.2) is 33.5 Å². The Morgan fingerprint density at radius 2 is 1.29 bits per heavy atom. The van der Waals surface area contributed by atoms with E-state index in [1.807, 2.05) is 0 Å². The average molecular weight is 216 g/mol. The summed E-state index contributed by atoms with van der Waals surface area (Å²) in [5.74, 6) is 0. The van der Waals surface area contributed by atoms with Crippen LogP contribution in [0.15, 0.2) is 0 Å². The summed E-state index contributed by atoms with van der Waals surface area (Å²) in [6.07, 6.45) is 1.31. The first kappa shape index (κ1) is 12.4. The summed E-state index contributed by atoms with van der Waals surface area (Å²) in [6.45, 7) is 13.9. The Bertz CT molecular complexity index is 164. The molecular formula is C11H25N2P. The number of hydrogen-bond donors (Lipinski definition) is 0. The molecule has 3 heteroatoms. The van der Waals surface area contributed by atoms with Crippen molar-refractivity contribution >= 4 is 8.88 Å². The van der Waals surface area contributed by atoms with E-state index in [0.29, 0.717) is 12.1 Å². The van der Waals surface area contributed by atoms with Crippen molar-refractivity contribution in [3.63, 3.8) is 0 Å². The van der Waals surface area contributed by atoms with Gasteiger partial charge in [-0.05, 0) is 48.0 Å². The SMILES string of the molecule is CC(C)N1PN(C(C)C)C(C)CC1C. The Kier molecular flexibility index (Phi) is 4.36. The highest BCUT2D eigenvalue weighted by Gasteiger charge is 2.31. The first-order valence-electron chi connectivity index (χ1n) is 5.76. The lowest BCUT2D eigenvalue weighted by Gasteiger charge is -2.47. The molecule has 2 nitrogen and oxygen atoms in total. The molecule has 1 aliphatic heterocycles. The molecular weight excluding hydrogens is 191 g/mol. The monoisotopic (exact) mass is 216 g/mol. The molecule has 0 amide bonds. The fraction of sp³-hybridized carbons (Fsp3) is 1.00. The van der Waals surface area contributed by atoms with Crippen LogP contribution < -0.4 is 0 Å². The second kappa shape index (κ2) is 4.92. The minimum atomic E-state index is 0.678. The Hall–Kier alpha value is 0.350. The van der Waals surface area contributed by atoms with Crippen LogP contribution in [0.2, 0.25) is 0 Å². The van der Waals surface area contributed by atoms with Gasteiger partial charge in [0.2, 0.25) is 0 Å². The minimum Gasteiger partial charge on any atom is -0.267 e. The lowest BCUT2D eigenvalue weighted by molar-refractivity contribution is 0.172. The molecule has 0 aliphatic carbocycles. The molecule has 1 aliphatic rings. The second-order valence-electron chi connectivity index (χ2n) is 5.04. The Labute approximate surface area is 90.9 Å². The largest absolute Gasteiger partial charge is 0.267 e. The standard InChI is InChI=1S/C11H25N2P/c1-8(2)12-10(5)7-11(6)13(14-12)9(3)4/h8-11,14H,7H2,1-6H3. The van der Waals surface area contributed by atoms with Crippen molar-refractivity contribution in [2.45, 2.75) is 72.1 Å². The van der Waals surface area contributed by atoms with Gasteiger partial charge in [0.05, 0.1) is 0 Å². The van der Waals surface area contributed by atoms with Gasteiger partial charge in [0.1, 0.15) is 0 Å².